The molecule has 0 aromatic heterocycles. The van der Waals surface area contributed by atoms with E-state index in [-0.39, 0.29) is 17.6 Å². The number of carbonyl (C=O) groups excluding carboxylic acids is 1. The molecule has 3 rings (SSSR count). The fourth-order valence-corrected chi connectivity index (χ4v) is 2.48. The number of hydrogen-bond acceptors (Lipinski definition) is 2. The molecular weight excluding hydrogens is 224 g/mol. The van der Waals surface area contributed by atoms with Gasteiger partial charge in [-0.15, -0.1) is 0 Å². The molecule has 1 aromatic carbocycles. The molecule has 2 unspecified atom stereocenters. The minimum atomic E-state index is -0.0536. The second-order valence-corrected chi connectivity index (χ2v) is 4.57. The number of hydrogen-bond donors (Lipinski definition) is 0. The number of benzene rings is 1. The summed E-state index contributed by atoms with van der Waals surface area (Å²) in [6.45, 7) is 0. The SMILES string of the molecule is COc1ccc(/C=C2\C3C=CC(=O)C2C=C3)cc1. The van der Waals surface area contributed by atoms with Crippen LogP contribution in [0.2, 0.25) is 0 Å². The zero-order valence-corrected chi connectivity index (χ0v) is 10.2. The van der Waals surface area contributed by atoms with Crippen LogP contribution in [0, 0.1) is 11.8 Å². The lowest BCUT2D eigenvalue weighted by molar-refractivity contribution is -0.116. The first-order chi connectivity index (χ1) is 8.78. The highest BCUT2D eigenvalue weighted by molar-refractivity contribution is 5.98. The minimum absolute atomic E-state index is 0.0536. The smallest absolute Gasteiger partial charge is 0.166 e. The van der Waals surface area contributed by atoms with Gasteiger partial charge in [0.2, 0.25) is 0 Å². The van der Waals surface area contributed by atoms with Crippen molar-refractivity contribution >= 4 is 11.9 Å². The van der Waals surface area contributed by atoms with E-state index in [0.717, 1.165) is 11.3 Å². The zero-order valence-electron chi connectivity index (χ0n) is 10.2. The molecule has 2 aliphatic rings. The largest absolute Gasteiger partial charge is 0.497 e. The van der Waals surface area contributed by atoms with Gasteiger partial charge in [-0.05, 0) is 29.3 Å². The van der Waals surface area contributed by atoms with Gasteiger partial charge in [0, 0.05) is 5.92 Å². The predicted octanol–water partition coefficient (Wildman–Crippen LogP) is 3.02. The minimum Gasteiger partial charge on any atom is -0.497 e. The monoisotopic (exact) mass is 238 g/mol. The van der Waals surface area contributed by atoms with Gasteiger partial charge in [-0.2, -0.15) is 0 Å². The molecule has 0 spiro atoms. The van der Waals surface area contributed by atoms with E-state index >= 15 is 0 Å². The third-order valence-corrected chi connectivity index (χ3v) is 3.48. The van der Waals surface area contributed by atoms with Crippen molar-refractivity contribution in [2.45, 2.75) is 0 Å². The van der Waals surface area contributed by atoms with E-state index in [0.29, 0.717) is 0 Å². The molecule has 1 aromatic rings. The van der Waals surface area contributed by atoms with Gasteiger partial charge in [0.1, 0.15) is 5.75 Å². The number of ether oxygens (including phenoxy) is 1. The van der Waals surface area contributed by atoms with Crippen molar-refractivity contribution < 1.29 is 9.53 Å². The number of ketones is 1. The number of carbonyl (C=O) groups is 1. The first kappa shape index (κ1) is 11.0. The van der Waals surface area contributed by atoms with Crippen LogP contribution in [-0.2, 0) is 4.79 Å². The van der Waals surface area contributed by atoms with E-state index in [4.69, 9.17) is 4.74 Å². The Balaban J connectivity index is 1.93. The van der Waals surface area contributed by atoms with Crippen LogP contribution in [0.5, 0.6) is 5.75 Å². The van der Waals surface area contributed by atoms with E-state index in [9.17, 15) is 4.79 Å². The van der Waals surface area contributed by atoms with E-state index in [1.165, 1.54) is 5.57 Å². The molecule has 0 radical (unpaired) electrons. The van der Waals surface area contributed by atoms with Gasteiger partial charge in [0.15, 0.2) is 5.78 Å². The van der Waals surface area contributed by atoms with Gasteiger partial charge in [0.25, 0.3) is 0 Å². The highest BCUT2D eigenvalue weighted by atomic mass is 16.5. The highest BCUT2D eigenvalue weighted by Crippen LogP contribution is 2.37. The second kappa shape index (κ2) is 4.30. The van der Waals surface area contributed by atoms with Crippen molar-refractivity contribution in [3.8, 4) is 5.75 Å². The summed E-state index contributed by atoms with van der Waals surface area (Å²) >= 11 is 0. The fourth-order valence-electron chi connectivity index (χ4n) is 2.48. The van der Waals surface area contributed by atoms with Gasteiger partial charge in [0.05, 0.1) is 13.0 Å². The molecule has 0 amide bonds. The fraction of sp³-hybridized carbons (Fsp3) is 0.188. The molecule has 2 bridgehead atoms. The summed E-state index contributed by atoms with van der Waals surface area (Å²) in [5.41, 5.74) is 2.28. The average Bonchev–Trinajstić information content (AvgIpc) is 2.69. The Morgan fingerprint density at radius 2 is 1.89 bits per heavy atom. The first-order valence-electron chi connectivity index (χ1n) is 6.04. The summed E-state index contributed by atoms with van der Waals surface area (Å²) in [4.78, 5) is 11.8. The van der Waals surface area contributed by atoms with Crippen LogP contribution in [0.15, 0.2) is 54.1 Å². The van der Waals surface area contributed by atoms with Crippen molar-refractivity contribution in [3.05, 3.63) is 59.7 Å². The zero-order chi connectivity index (χ0) is 12.5. The predicted molar refractivity (Wildman–Crippen MR) is 71.2 cm³/mol. The van der Waals surface area contributed by atoms with Crippen molar-refractivity contribution in [2.24, 2.45) is 11.8 Å². The average molecular weight is 238 g/mol. The molecule has 0 saturated heterocycles. The lowest BCUT2D eigenvalue weighted by Crippen LogP contribution is -2.16. The number of rotatable bonds is 2. The molecule has 0 N–H and O–H groups in total. The molecule has 90 valence electrons. The molecular formula is C16H14O2. The number of methoxy groups -OCH3 is 1. The van der Waals surface area contributed by atoms with E-state index in [1.807, 2.05) is 36.4 Å². The standard InChI is InChI=1S/C16H14O2/c1-18-13-6-2-11(3-7-13)10-15-12-4-8-14(15)16(17)9-5-12/h2-10,12,14H,1H3/b15-10+. The molecule has 0 saturated carbocycles. The Morgan fingerprint density at radius 3 is 2.61 bits per heavy atom. The maximum atomic E-state index is 11.8. The summed E-state index contributed by atoms with van der Waals surface area (Å²) in [6, 6.07) is 7.88. The Hall–Kier alpha value is -2.09. The van der Waals surface area contributed by atoms with Crippen molar-refractivity contribution in [1.82, 2.24) is 0 Å². The highest BCUT2D eigenvalue weighted by Gasteiger charge is 2.31. The van der Waals surface area contributed by atoms with E-state index in [1.54, 1.807) is 13.2 Å². The molecule has 2 atom stereocenters. The summed E-state index contributed by atoms with van der Waals surface area (Å²) < 4.78 is 5.13. The quantitative estimate of drug-likeness (QED) is 0.740. The lowest BCUT2D eigenvalue weighted by atomic mass is 9.85. The second-order valence-electron chi connectivity index (χ2n) is 4.57. The Bertz CT molecular complexity index is 561. The summed E-state index contributed by atoms with van der Waals surface area (Å²) in [6.07, 6.45) is 9.87. The van der Waals surface area contributed by atoms with Crippen LogP contribution in [0.4, 0.5) is 0 Å². The molecule has 18 heavy (non-hydrogen) atoms. The van der Waals surface area contributed by atoms with Crippen LogP contribution in [0.25, 0.3) is 6.08 Å². The molecule has 0 fully saturated rings. The van der Waals surface area contributed by atoms with E-state index < -0.39 is 0 Å². The maximum Gasteiger partial charge on any atom is 0.166 e. The van der Waals surface area contributed by atoms with Crippen molar-refractivity contribution in [1.29, 1.82) is 0 Å². The normalized spacial score (nSPS) is 26.9. The third kappa shape index (κ3) is 1.80. The van der Waals surface area contributed by atoms with E-state index in [2.05, 4.69) is 12.2 Å². The van der Waals surface area contributed by atoms with Crippen LogP contribution in [0.1, 0.15) is 5.56 Å². The maximum absolute atomic E-state index is 11.8. The number of allylic oxidation sites excluding steroid dienone is 5. The first-order valence-corrected chi connectivity index (χ1v) is 6.04. The topological polar surface area (TPSA) is 26.3 Å². The van der Waals surface area contributed by atoms with Gasteiger partial charge < -0.3 is 4.74 Å². The van der Waals surface area contributed by atoms with Gasteiger partial charge in [-0.25, -0.2) is 0 Å². The van der Waals surface area contributed by atoms with Crippen molar-refractivity contribution in [2.75, 3.05) is 7.11 Å². The van der Waals surface area contributed by atoms with Crippen LogP contribution in [0.3, 0.4) is 0 Å². The Kier molecular flexibility index (Phi) is 2.63. The molecule has 2 nitrogen and oxygen atoms in total. The van der Waals surface area contributed by atoms with Crippen LogP contribution < -0.4 is 4.74 Å². The molecule has 2 heteroatoms. The van der Waals surface area contributed by atoms with Gasteiger partial charge >= 0.3 is 0 Å². The molecule has 0 heterocycles. The van der Waals surface area contributed by atoms with Crippen molar-refractivity contribution in [3.63, 3.8) is 0 Å². The van der Waals surface area contributed by atoms with Gasteiger partial charge in [-0.1, -0.05) is 36.4 Å². The van der Waals surface area contributed by atoms with Crippen LogP contribution in [-0.4, -0.2) is 12.9 Å². The summed E-state index contributed by atoms with van der Waals surface area (Å²) in [5, 5.41) is 0. The summed E-state index contributed by atoms with van der Waals surface area (Å²) in [5.74, 6) is 1.26. The lowest BCUT2D eigenvalue weighted by Gasteiger charge is -2.17. The number of fused-ring (bicyclic) bond motifs is 2. The Morgan fingerprint density at radius 1 is 1.11 bits per heavy atom. The molecule has 0 aliphatic heterocycles. The Labute approximate surface area is 106 Å². The van der Waals surface area contributed by atoms with Crippen LogP contribution >= 0.6 is 0 Å². The van der Waals surface area contributed by atoms with Gasteiger partial charge in [-0.3, -0.25) is 4.79 Å². The third-order valence-electron chi connectivity index (χ3n) is 3.48. The summed E-state index contributed by atoms with van der Waals surface area (Å²) in [7, 11) is 1.65. The molecule has 2 aliphatic carbocycles.